The van der Waals surface area contributed by atoms with Crippen LogP contribution in [-0.2, 0) is 26.0 Å². The summed E-state index contributed by atoms with van der Waals surface area (Å²) in [6.07, 6.45) is 1.85. The van der Waals surface area contributed by atoms with Gasteiger partial charge < -0.3 is 4.98 Å². The minimum absolute atomic E-state index is 0.0159. The van der Waals surface area contributed by atoms with E-state index in [1.54, 1.807) is 12.1 Å². The van der Waals surface area contributed by atoms with Gasteiger partial charge in [0.2, 0.25) is 15.9 Å². The second-order valence-corrected chi connectivity index (χ2v) is 11.4. The van der Waals surface area contributed by atoms with Crippen LogP contribution in [0.25, 0.3) is 21.7 Å². The smallest absolute Gasteiger partial charge is 0.252 e. The number of para-hydroxylation sites is 1. The van der Waals surface area contributed by atoms with Gasteiger partial charge in [0, 0.05) is 23.6 Å². The average molecular weight is 542 g/mol. The molecule has 7 nitrogen and oxygen atoms in total. The molecule has 9 heteroatoms. The van der Waals surface area contributed by atoms with Crippen LogP contribution in [0.15, 0.2) is 102 Å². The molecule has 1 fully saturated rings. The number of imide groups is 1. The largest absolute Gasteiger partial charge is 0.361 e. The van der Waals surface area contributed by atoms with E-state index in [1.807, 2.05) is 54.7 Å². The average Bonchev–Trinajstić information content (AvgIpc) is 3.49. The van der Waals surface area contributed by atoms with E-state index >= 15 is 0 Å². The first-order valence-corrected chi connectivity index (χ1v) is 13.9. The van der Waals surface area contributed by atoms with Crippen molar-refractivity contribution in [2.45, 2.75) is 23.8 Å². The lowest BCUT2D eigenvalue weighted by molar-refractivity contribution is -0.122. The summed E-state index contributed by atoms with van der Waals surface area (Å²) in [5.41, 5.74) is 2.02. The van der Waals surface area contributed by atoms with Crippen LogP contribution >= 0.6 is 0 Å². The van der Waals surface area contributed by atoms with E-state index in [-0.39, 0.29) is 23.5 Å². The molecule has 6 rings (SSSR count). The van der Waals surface area contributed by atoms with Gasteiger partial charge in [-0.3, -0.25) is 9.59 Å². The first-order chi connectivity index (χ1) is 18.8. The summed E-state index contributed by atoms with van der Waals surface area (Å²) in [5, 5.41) is 2.59. The Morgan fingerprint density at radius 1 is 0.897 bits per heavy atom. The lowest BCUT2D eigenvalue weighted by Gasteiger charge is -2.27. The van der Waals surface area contributed by atoms with Gasteiger partial charge in [0.1, 0.15) is 11.9 Å². The molecular weight excluding hydrogens is 517 g/mol. The van der Waals surface area contributed by atoms with Gasteiger partial charge in [0.05, 0.1) is 17.0 Å². The molecule has 196 valence electrons. The van der Waals surface area contributed by atoms with Gasteiger partial charge in [-0.2, -0.15) is 4.31 Å². The van der Waals surface area contributed by atoms with E-state index in [2.05, 4.69) is 4.98 Å². The standard InChI is InChI=1S/C30H24FN3O4S/c31-23-10-12-24(13-11-23)34-29(35)18-28(30(34)36)33(16-15-22-19-32-27-8-4-3-7-26(22)27)39(37,38)25-14-9-20-5-1-2-6-21(20)17-25/h1-14,17,19,28,32H,15-16,18H2. The number of carbonyl (C=O) groups excluding carboxylic acids is 2. The number of hydrogen-bond donors (Lipinski definition) is 1. The summed E-state index contributed by atoms with van der Waals surface area (Å²) >= 11 is 0. The van der Waals surface area contributed by atoms with E-state index in [0.29, 0.717) is 6.42 Å². The van der Waals surface area contributed by atoms with Gasteiger partial charge in [0.25, 0.3) is 5.91 Å². The monoisotopic (exact) mass is 541 g/mol. The third-order valence-corrected chi connectivity index (χ3v) is 9.06. The Morgan fingerprint density at radius 3 is 2.41 bits per heavy atom. The van der Waals surface area contributed by atoms with Crippen molar-refractivity contribution in [1.82, 2.24) is 9.29 Å². The highest BCUT2D eigenvalue weighted by atomic mass is 32.2. The van der Waals surface area contributed by atoms with Gasteiger partial charge in [-0.15, -0.1) is 0 Å². The van der Waals surface area contributed by atoms with E-state index in [4.69, 9.17) is 0 Å². The van der Waals surface area contributed by atoms with Crippen molar-refractivity contribution < 1.29 is 22.4 Å². The summed E-state index contributed by atoms with van der Waals surface area (Å²) in [7, 11) is -4.19. The molecule has 1 unspecified atom stereocenters. The van der Waals surface area contributed by atoms with Crippen LogP contribution in [0.5, 0.6) is 0 Å². The molecule has 0 aliphatic carbocycles. The molecule has 0 saturated carbocycles. The number of anilines is 1. The highest BCUT2D eigenvalue weighted by molar-refractivity contribution is 7.89. The molecule has 1 saturated heterocycles. The molecule has 2 heterocycles. The molecule has 0 radical (unpaired) electrons. The van der Waals surface area contributed by atoms with Gasteiger partial charge in [-0.05, 0) is 65.2 Å². The Balaban J connectivity index is 1.39. The Labute approximate surface area is 224 Å². The van der Waals surface area contributed by atoms with Crippen molar-refractivity contribution >= 4 is 49.2 Å². The van der Waals surface area contributed by atoms with Crippen molar-refractivity contribution in [3.8, 4) is 0 Å². The lowest BCUT2D eigenvalue weighted by Crippen LogP contribution is -2.46. The van der Waals surface area contributed by atoms with Crippen LogP contribution in [0.3, 0.4) is 0 Å². The number of H-pyrrole nitrogens is 1. The van der Waals surface area contributed by atoms with Crippen molar-refractivity contribution in [2.75, 3.05) is 11.4 Å². The Hall–Kier alpha value is -4.34. The van der Waals surface area contributed by atoms with E-state index < -0.39 is 33.7 Å². The van der Waals surface area contributed by atoms with E-state index in [1.165, 1.54) is 18.2 Å². The summed E-state index contributed by atoms with van der Waals surface area (Å²) in [6, 6.07) is 23.7. The van der Waals surface area contributed by atoms with Crippen LogP contribution < -0.4 is 4.90 Å². The zero-order chi connectivity index (χ0) is 27.1. The fraction of sp³-hybridized carbons (Fsp3) is 0.133. The third kappa shape index (κ3) is 4.49. The maximum Gasteiger partial charge on any atom is 0.252 e. The molecule has 1 aromatic heterocycles. The topological polar surface area (TPSA) is 90.5 Å². The van der Waals surface area contributed by atoms with E-state index in [9.17, 15) is 22.4 Å². The number of aromatic amines is 1. The summed E-state index contributed by atoms with van der Waals surface area (Å²) < 4.78 is 42.9. The van der Waals surface area contributed by atoms with Crippen molar-refractivity contribution in [3.63, 3.8) is 0 Å². The summed E-state index contributed by atoms with van der Waals surface area (Å²) in [5.74, 6) is -1.70. The highest BCUT2D eigenvalue weighted by Gasteiger charge is 2.46. The zero-order valence-corrected chi connectivity index (χ0v) is 21.6. The number of fused-ring (bicyclic) bond motifs is 2. The van der Waals surface area contributed by atoms with Crippen LogP contribution in [-0.4, -0.2) is 42.1 Å². The number of sulfonamides is 1. The number of benzene rings is 4. The second kappa shape index (κ2) is 9.76. The number of halogens is 1. The molecule has 5 aromatic rings. The molecule has 4 aromatic carbocycles. The molecule has 0 bridgehead atoms. The fourth-order valence-corrected chi connectivity index (χ4v) is 6.80. The lowest BCUT2D eigenvalue weighted by atomic mass is 10.1. The Kier molecular flexibility index (Phi) is 6.25. The number of nitrogens with zero attached hydrogens (tertiary/aromatic N) is 2. The summed E-state index contributed by atoms with van der Waals surface area (Å²) in [6.45, 7) is -0.0159. The molecule has 2 amide bonds. The van der Waals surface area contributed by atoms with E-state index in [0.717, 1.165) is 48.6 Å². The molecule has 1 aliphatic rings. The van der Waals surface area contributed by atoms with Crippen LogP contribution in [0, 0.1) is 5.82 Å². The molecule has 39 heavy (non-hydrogen) atoms. The second-order valence-electron chi connectivity index (χ2n) is 9.50. The predicted octanol–water partition coefficient (Wildman–Crippen LogP) is 5.03. The third-order valence-electron chi connectivity index (χ3n) is 7.16. The minimum atomic E-state index is -4.19. The Bertz CT molecular complexity index is 1830. The Morgan fingerprint density at radius 2 is 1.62 bits per heavy atom. The van der Waals surface area contributed by atoms with Crippen molar-refractivity contribution in [1.29, 1.82) is 0 Å². The quantitative estimate of drug-likeness (QED) is 0.293. The zero-order valence-electron chi connectivity index (χ0n) is 20.7. The number of carbonyl (C=O) groups is 2. The maximum absolute atomic E-state index is 14.1. The van der Waals surface area contributed by atoms with Gasteiger partial charge in [-0.1, -0.05) is 48.5 Å². The normalized spacial score (nSPS) is 16.2. The molecule has 1 aliphatic heterocycles. The van der Waals surface area contributed by atoms with Gasteiger partial charge in [0.15, 0.2) is 0 Å². The van der Waals surface area contributed by atoms with Crippen LogP contribution in [0.2, 0.25) is 0 Å². The first kappa shape index (κ1) is 25.0. The fourth-order valence-electron chi connectivity index (χ4n) is 5.18. The van der Waals surface area contributed by atoms with Crippen LogP contribution in [0.1, 0.15) is 12.0 Å². The molecule has 1 N–H and O–H groups in total. The molecular formula is C30H24FN3O4S. The van der Waals surface area contributed by atoms with Crippen LogP contribution in [0.4, 0.5) is 10.1 Å². The van der Waals surface area contributed by atoms with Gasteiger partial charge >= 0.3 is 0 Å². The first-order valence-electron chi connectivity index (χ1n) is 12.5. The number of amides is 2. The van der Waals surface area contributed by atoms with Crippen molar-refractivity contribution in [2.24, 2.45) is 0 Å². The summed E-state index contributed by atoms with van der Waals surface area (Å²) in [4.78, 5) is 30.8. The number of rotatable bonds is 7. The van der Waals surface area contributed by atoms with Crippen molar-refractivity contribution in [3.05, 3.63) is 109 Å². The molecule has 0 spiro atoms. The molecule has 1 atom stereocenters. The highest BCUT2D eigenvalue weighted by Crippen LogP contribution is 2.31. The SMILES string of the molecule is O=C1CC(N(CCc2c[nH]c3ccccc23)S(=O)(=O)c2ccc3ccccc3c2)C(=O)N1c1ccc(F)cc1. The number of aromatic nitrogens is 1. The maximum atomic E-state index is 14.1. The predicted molar refractivity (Wildman–Crippen MR) is 147 cm³/mol. The minimum Gasteiger partial charge on any atom is -0.361 e. The van der Waals surface area contributed by atoms with Gasteiger partial charge in [-0.25, -0.2) is 17.7 Å². The number of nitrogens with one attached hydrogen (secondary N) is 1. The number of hydrogen-bond acceptors (Lipinski definition) is 4.